The maximum Gasteiger partial charge on any atom is 0.331 e. The van der Waals surface area contributed by atoms with Gasteiger partial charge in [0.25, 0.3) is 0 Å². The second kappa shape index (κ2) is 4.46. The van der Waals surface area contributed by atoms with Crippen LogP contribution in [0, 0.1) is 5.41 Å². The molecule has 5 heteroatoms. The molecule has 0 atom stereocenters. The molecule has 1 aromatic carbocycles. The molecule has 18 heavy (non-hydrogen) atoms. The first-order valence-corrected chi connectivity index (χ1v) is 5.60. The molecule has 0 radical (unpaired) electrons. The molecule has 1 aromatic rings. The van der Waals surface area contributed by atoms with Gasteiger partial charge < -0.3 is 9.47 Å². The SMILES string of the molecule is COC(=O)C1(C(=O)OC)C=C1c1ccc(Cl)cc1. The number of rotatable bonds is 3. The lowest BCUT2D eigenvalue weighted by Crippen LogP contribution is -2.31. The van der Waals surface area contributed by atoms with E-state index >= 15 is 0 Å². The molecule has 0 aromatic heterocycles. The Morgan fingerprint density at radius 2 is 1.56 bits per heavy atom. The molecule has 0 saturated heterocycles. The van der Waals surface area contributed by atoms with Gasteiger partial charge in [0.15, 0.2) is 0 Å². The Bertz CT molecular complexity index is 514. The predicted octanol–water partition coefficient (Wildman–Crippen LogP) is 2.07. The molecular formula is C13H11ClO4. The van der Waals surface area contributed by atoms with Crippen LogP contribution in [-0.4, -0.2) is 26.2 Å². The van der Waals surface area contributed by atoms with Crippen molar-refractivity contribution in [1.82, 2.24) is 0 Å². The van der Waals surface area contributed by atoms with E-state index in [0.717, 1.165) is 5.56 Å². The Hall–Kier alpha value is -1.81. The standard InChI is InChI=1S/C13H11ClO4/c1-17-11(15)13(12(16)18-2)7-10(13)8-3-5-9(14)6-4-8/h3-7H,1-2H3. The Labute approximate surface area is 109 Å². The van der Waals surface area contributed by atoms with E-state index in [-0.39, 0.29) is 0 Å². The van der Waals surface area contributed by atoms with Gasteiger partial charge in [-0.3, -0.25) is 9.59 Å². The first-order valence-electron chi connectivity index (χ1n) is 5.22. The summed E-state index contributed by atoms with van der Waals surface area (Å²) >= 11 is 5.78. The van der Waals surface area contributed by atoms with E-state index in [1.807, 2.05) is 0 Å². The Balaban J connectivity index is 2.32. The van der Waals surface area contributed by atoms with Crippen molar-refractivity contribution in [3.63, 3.8) is 0 Å². The van der Waals surface area contributed by atoms with Crippen LogP contribution in [0.25, 0.3) is 5.57 Å². The van der Waals surface area contributed by atoms with E-state index in [4.69, 9.17) is 11.6 Å². The lowest BCUT2D eigenvalue weighted by molar-refractivity contribution is -0.158. The lowest BCUT2D eigenvalue weighted by Gasteiger charge is -2.13. The number of methoxy groups -OCH3 is 2. The molecule has 0 bridgehead atoms. The number of benzene rings is 1. The summed E-state index contributed by atoms with van der Waals surface area (Å²) in [5, 5.41) is 0.585. The Kier molecular flexibility index (Phi) is 3.13. The molecular weight excluding hydrogens is 256 g/mol. The van der Waals surface area contributed by atoms with Crippen molar-refractivity contribution in [3.05, 3.63) is 40.9 Å². The average Bonchev–Trinajstić information content (AvgIpc) is 3.14. The zero-order valence-corrected chi connectivity index (χ0v) is 10.7. The highest BCUT2D eigenvalue weighted by atomic mass is 35.5. The second-order valence-corrected chi connectivity index (χ2v) is 4.29. The predicted molar refractivity (Wildman–Crippen MR) is 65.9 cm³/mol. The van der Waals surface area contributed by atoms with Crippen molar-refractivity contribution >= 4 is 29.1 Å². The van der Waals surface area contributed by atoms with E-state index in [1.165, 1.54) is 20.3 Å². The third kappa shape index (κ3) is 1.78. The minimum atomic E-state index is -1.39. The van der Waals surface area contributed by atoms with Crippen molar-refractivity contribution in [1.29, 1.82) is 0 Å². The fraction of sp³-hybridized carbons (Fsp3) is 0.231. The maximum absolute atomic E-state index is 11.7. The third-order valence-electron chi connectivity index (χ3n) is 2.87. The van der Waals surface area contributed by atoms with Crippen molar-refractivity contribution in [2.75, 3.05) is 14.2 Å². The summed E-state index contributed by atoms with van der Waals surface area (Å²) in [6.45, 7) is 0. The summed E-state index contributed by atoms with van der Waals surface area (Å²) in [6, 6.07) is 6.86. The van der Waals surface area contributed by atoms with Crippen LogP contribution in [0.4, 0.5) is 0 Å². The van der Waals surface area contributed by atoms with Gasteiger partial charge in [0.1, 0.15) is 0 Å². The Morgan fingerprint density at radius 3 is 2.00 bits per heavy atom. The molecule has 0 saturated carbocycles. The number of hydrogen-bond donors (Lipinski definition) is 0. The highest BCUT2D eigenvalue weighted by molar-refractivity contribution is 6.30. The second-order valence-electron chi connectivity index (χ2n) is 3.86. The molecule has 0 unspecified atom stereocenters. The molecule has 0 aliphatic heterocycles. The molecule has 1 aliphatic rings. The topological polar surface area (TPSA) is 52.6 Å². The van der Waals surface area contributed by atoms with Gasteiger partial charge in [-0.25, -0.2) is 0 Å². The number of esters is 2. The van der Waals surface area contributed by atoms with Crippen LogP contribution in [0.3, 0.4) is 0 Å². The molecule has 0 amide bonds. The number of halogens is 1. The quantitative estimate of drug-likeness (QED) is 0.621. The lowest BCUT2D eigenvalue weighted by atomic mass is 9.96. The molecule has 0 spiro atoms. The smallest absolute Gasteiger partial charge is 0.331 e. The average molecular weight is 267 g/mol. The third-order valence-corrected chi connectivity index (χ3v) is 3.12. The van der Waals surface area contributed by atoms with Gasteiger partial charge in [-0.05, 0) is 29.3 Å². The highest BCUT2D eigenvalue weighted by Crippen LogP contribution is 2.52. The van der Waals surface area contributed by atoms with Crippen molar-refractivity contribution in [3.8, 4) is 0 Å². The summed E-state index contributed by atoms with van der Waals surface area (Å²) < 4.78 is 9.32. The van der Waals surface area contributed by atoms with E-state index < -0.39 is 17.4 Å². The normalized spacial score (nSPS) is 15.6. The largest absolute Gasteiger partial charge is 0.468 e. The van der Waals surface area contributed by atoms with Crippen LogP contribution in [0.15, 0.2) is 30.3 Å². The number of carbonyl (C=O) groups is 2. The van der Waals surface area contributed by atoms with Crippen LogP contribution in [0.2, 0.25) is 5.02 Å². The zero-order valence-electron chi connectivity index (χ0n) is 9.90. The summed E-state index contributed by atoms with van der Waals surface area (Å²) in [7, 11) is 2.47. The number of hydrogen-bond acceptors (Lipinski definition) is 4. The van der Waals surface area contributed by atoms with Crippen LogP contribution < -0.4 is 0 Å². The van der Waals surface area contributed by atoms with Gasteiger partial charge in [-0.1, -0.05) is 23.7 Å². The van der Waals surface area contributed by atoms with Gasteiger partial charge in [-0.2, -0.15) is 0 Å². The zero-order chi connectivity index (χ0) is 13.3. The molecule has 2 rings (SSSR count). The van der Waals surface area contributed by atoms with Gasteiger partial charge in [0, 0.05) is 5.02 Å². The van der Waals surface area contributed by atoms with E-state index in [1.54, 1.807) is 24.3 Å². The van der Waals surface area contributed by atoms with E-state index in [0.29, 0.717) is 10.6 Å². The van der Waals surface area contributed by atoms with Gasteiger partial charge >= 0.3 is 11.9 Å². The van der Waals surface area contributed by atoms with Crippen LogP contribution in [0.1, 0.15) is 5.56 Å². The van der Waals surface area contributed by atoms with E-state index in [9.17, 15) is 9.59 Å². The molecule has 0 N–H and O–H groups in total. The molecule has 0 fully saturated rings. The summed E-state index contributed by atoms with van der Waals surface area (Å²) in [5.74, 6) is -1.28. The molecule has 94 valence electrons. The first-order chi connectivity index (χ1) is 8.56. The van der Waals surface area contributed by atoms with Crippen molar-refractivity contribution < 1.29 is 19.1 Å². The molecule has 0 heterocycles. The summed E-state index contributed by atoms with van der Waals surface area (Å²) in [4.78, 5) is 23.5. The molecule has 1 aliphatic carbocycles. The van der Waals surface area contributed by atoms with Gasteiger partial charge in [-0.15, -0.1) is 0 Å². The van der Waals surface area contributed by atoms with Gasteiger partial charge in [0.2, 0.25) is 5.41 Å². The first kappa shape index (κ1) is 12.6. The Morgan fingerprint density at radius 1 is 1.06 bits per heavy atom. The van der Waals surface area contributed by atoms with Crippen molar-refractivity contribution in [2.45, 2.75) is 0 Å². The van der Waals surface area contributed by atoms with Gasteiger partial charge in [0.05, 0.1) is 14.2 Å². The van der Waals surface area contributed by atoms with Crippen LogP contribution in [-0.2, 0) is 19.1 Å². The van der Waals surface area contributed by atoms with Crippen molar-refractivity contribution in [2.24, 2.45) is 5.41 Å². The summed E-state index contributed by atoms with van der Waals surface area (Å²) in [6.07, 6.45) is 1.54. The van der Waals surface area contributed by atoms with Crippen LogP contribution >= 0.6 is 11.6 Å². The number of carbonyl (C=O) groups excluding carboxylic acids is 2. The fourth-order valence-corrected chi connectivity index (χ4v) is 1.99. The maximum atomic E-state index is 11.7. The van der Waals surface area contributed by atoms with Crippen LogP contribution in [0.5, 0.6) is 0 Å². The van der Waals surface area contributed by atoms with E-state index in [2.05, 4.69) is 9.47 Å². The minimum absolute atomic E-state index is 0.581. The summed E-state index contributed by atoms with van der Waals surface area (Å²) in [5.41, 5.74) is -0.0646. The molecule has 4 nitrogen and oxygen atoms in total. The monoisotopic (exact) mass is 266 g/mol. The minimum Gasteiger partial charge on any atom is -0.468 e. The highest BCUT2D eigenvalue weighted by Gasteiger charge is 2.60. The number of ether oxygens (including phenoxy) is 2. The fourth-order valence-electron chi connectivity index (χ4n) is 1.86.